The van der Waals surface area contributed by atoms with Crippen molar-refractivity contribution in [2.75, 3.05) is 6.61 Å². The second kappa shape index (κ2) is 6.84. The van der Waals surface area contributed by atoms with Crippen LogP contribution in [0.5, 0.6) is 5.75 Å². The molecule has 1 N–H and O–H groups in total. The van der Waals surface area contributed by atoms with Crippen molar-refractivity contribution in [1.29, 1.82) is 0 Å². The fourth-order valence-electron chi connectivity index (χ4n) is 2.67. The van der Waals surface area contributed by atoms with E-state index in [2.05, 4.69) is 28.6 Å². The standard InChI is InChI=1S/C19H22N2O2/c1-3-12-23-16-10-8-15(9-11-16)13-21-18-7-5-4-6-17(18)20-19(21)14(2)22/h4-11,14,22H,3,12-13H2,1-2H3/t14-/m0/s1. The van der Waals surface area contributed by atoms with Crippen molar-refractivity contribution in [2.45, 2.75) is 32.9 Å². The van der Waals surface area contributed by atoms with Crippen molar-refractivity contribution in [1.82, 2.24) is 9.55 Å². The Morgan fingerprint density at radius 2 is 1.87 bits per heavy atom. The van der Waals surface area contributed by atoms with Crippen molar-refractivity contribution < 1.29 is 9.84 Å². The van der Waals surface area contributed by atoms with E-state index in [4.69, 9.17) is 4.74 Å². The molecule has 3 aromatic rings. The van der Waals surface area contributed by atoms with Crippen molar-refractivity contribution >= 4 is 11.0 Å². The molecule has 0 aliphatic heterocycles. The smallest absolute Gasteiger partial charge is 0.138 e. The number of nitrogens with zero attached hydrogens (tertiary/aromatic N) is 2. The Labute approximate surface area is 136 Å². The molecule has 0 unspecified atom stereocenters. The zero-order chi connectivity index (χ0) is 16.2. The Kier molecular flexibility index (Phi) is 4.63. The highest BCUT2D eigenvalue weighted by Crippen LogP contribution is 2.22. The van der Waals surface area contributed by atoms with E-state index in [-0.39, 0.29) is 0 Å². The predicted molar refractivity (Wildman–Crippen MR) is 91.7 cm³/mol. The Hall–Kier alpha value is -2.33. The number of aliphatic hydroxyl groups is 1. The van der Waals surface area contributed by atoms with Gasteiger partial charge >= 0.3 is 0 Å². The quantitative estimate of drug-likeness (QED) is 0.750. The third-order valence-corrected chi connectivity index (χ3v) is 3.79. The maximum atomic E-state index is 10.0. The zero-order valence-electron chi connectivity index (χ0n) is 13.6. The second-order valence-corrected chi connectivity index (χ2v) is 5.71. The topological polar surface area (TPSA) is 47.3 Å². The number of rotatable bonds is 6. The second-order valence-electron chi connectivity index (χ2n) is 5.71. The van der Waals surface area contributed by atoms with E-state index in [1.807, 2.05) is 36.4 Å². The highest BCUT2D eigenvalue weighted by Gasteiger charge is 2.14. The third kappa shape index (κ3) is 3.37. The van der Waals surface area contributed by atoms with Gasteiger partial charge in [0.2, 0.25) is 0 Å². The minimum Gasteiger partial charge on any atom is -0.494 e. The highest BCUT2D eigenvalue weighted by atomic mass is 16.5. The average Bonchev–Trinajstić information content (AvgIpc) is 2.93. The molecule has 120 valence electrons. The summed E-state index contributed by atoms with van der Waals surface area (Å²) >= 11 is 0. The van der Waals surface area contributed by atoms with Gasteiger partial charge < -0.3 is 14.4 Å². The summed E-state index contributed by atoms with van der Waals surface area (Å²) in [6.45, 7) is 5.25. The minimum atomic E-state index is -0.602. The van der Waals surface area contributed by atoms with Crippen LogP contribution in [-0.2, 0) is 6.54 Å². The van der Waals surface area contributed by atoms with Crippen molar-refractivity contribution in [3.05, 3.63) is 59.9 Å². The Morgan fingerprint density at radius 3 is 2.57 bits per heavy atom. The Bertz CT molecular complexity index is 776. The fourth-order valence-corrected chi connectivity index (χ4v) is 2.67. The molecule has 0 spiro atoms. The van der Waals surface area contributed by atoms with Crippen LogP contribution in [0.4, 0.5) is 0 Å². The lowest BCUT2D eigenvalue weighted by atomic mass is 10.2. The first-order valence-corrected chi connectivity index (χ1v) is 8.04. The number of hydrogen-bond donors (Lipinski definition) is 1. The van der Waals surface area contributed by atoms with Gasteiger partial charge in [-0.05, 0) is 43.2 Å². The van der Waals surface area contributed by atoms with Crippen LogP contribution in [0.25, 0.3) is 11.0 Å². The summed E-state index contributed by atoms with van der Waals surface area (Å²) in [4.78, 5) is 4.55. The van der Waals surface area contributed by atoms with E-state index in [9.17, 15) is 5.11 Å². The Morgan fingerprint density at radius 1 is 1.13 bits per heavy atom. The van der Waals surface area contributed by atoms with Gasteiger partial charge in [0.05, 0.1) is 17.6 Å². The first kappa shape index (κ1) is 15.6. The van der Waals surface area contributed by atoms with Gasteiger partial charge in [-0.1, -0.05) is 31.2 Å². The highest BCUT2D eigenvalue weighted by molar-refractivity contribution is 5.76. The molecule has 0 aliphatic rings. The monoisotopic (exact) mass is 310 g/mol. The molecule has 4 nitrogen and oxygen atoms in total. The number of fused-ring (bicyclic) bond motifs is 1. The predicted octanol–water partition coefficient (Wildman–Crippen LogP) is 3.93. The molecule has 0 saturated heterocycles. The summed E-state index contributed by atoms with van der Waals surface area (Å²) in [5, 5.41) is 10.0. The van der Waals surface area contributed by atoms with Crippen molar-refractivity contribution in [2.24, 2.45) is 0 Å². The summed E-state index contributed by atoms with van der Waals surface area (Å²) in [7, 11) is 0. The molecule has 23 heavy (non-hydrogen) atoms. The largest absolute Gasteiger partial charge is 0.494 e. The molecule has 0 fully saturated rings. The molecule has 4 heteroatoms. The van der Waals surface area contributed by atoms with Crippen LogP contribution in [0.3, 0.4) is 0 Å². The van der Waals surface area contributed by atoms with Gasteiger partial charge in [0.1, 0.15) is 17.7 Å². The summed E-state index contributed by atoms with van der Waals surface area (Å²) < 4.78 is 7.69. The maximum Gasteiger partial charge on any atom is 0.138 e. The lowest BCUT2D eigenvalue weighted by Crippen LogP contribution is -2.08. The molecule has 0 saturated carbocycles. The van der Waals surface area contributed by atoms with E-state index >= 15 is 0 Å². The first-order chi connectivity index (χ1) is 11.2. The van der Waals surface area contributed by atoms with Crippen molar-refractivity contribution in [3.8, 4) is 5.75 Å². The van der Waals surface area contributed by atoms with Crippen LogP contribution in [0.2, 0.25) is 0 Å². The van der Waals surface area contributed by atoms with Crippen LogP contribution < -0.4 is 4.74 Å². The van der Waals surface area contributed by atoms with E-state index < -0.39 is 6.10 Å². The van der Waals surface area contributed by atoms with Crippen LogP contribution in [-0.4, -0.2) is 21.3 Å². The molecule has 0 aliphatic carbocycles. The van der Waals surface area contributed by atoms with Gasteiger partial charge in [-0.15, -0.1) is 0 Å². The molecule has 1 heterocycles. The van der Waals surface area contributed by atoms with Crippen LogP contribution in [0.1, 0.15) is 37.8 Å². The van der Waals surface area contributed by atoms with Gasteiger partial charge in [-0.3, -0.25) is 0 Å². The number of aromatic nitrogens is 2. The molecule has 2 aromatic carbocycles. The van der Waals surface area contributed by atoms with Crippen molar-refractivity contribution in [3.63, 3.8) is 0 Å². The Balaban J connectivity index is 1.90. The molecule has 1 aromatic heterocycles. The number of ether oxygens (including phenoxy) is 1. The fraction of sp³-hybridized carbons (Fsp3) is 0.316. The molecule has 0 bridgehead atoms. The van der Waals surface area contributed by atoms with Crippen LogP contribution in [0.15, 0.2) is 48.5 Å². The summed E-state index contributed by atoms with van der Waals surface area (Å²) in [5.74, 6) is 1.58. The third-order valence-electron chi connectivity index (χ3n) is 3.79. The first-order valence-electron chi connectivity index (χ1n) is 8.04. The molecule has 3 rings (SSSR count). The van der Waals surface area contributed by atoms with Crippen LogP contribution >= 0.6 is 0 Å². The van der Waals surface area contributed by atoms with E-state index in [0.29, 0.717) is 12.4 Å². The molecular formula is C19H22N2O2. The van der Waals surface area contributed by atoms with Gasteiger partial charge in [-0.25, -0.2) is 4.98 Å². The molecule has 0 amide bonds. The van der Waals surface area contributed by atoms with E-state index in [0.717, 1.165) is 35.4 Å². The molecule has 1 atom stereocenters. The zero-order valence-corrected chi connectivity index (χ0v) is 13.6. The number of para-hydroxylation sites is 2. The summed E-state index contributed by atoms with van der Waals surface area (Å²) in [6.07, 6.45) is 0.398. The summed E-state index contributed by atoms with van der Waals surface area (Å²) in [5.41, 5.74) is 3.10. The number of benzene rings is 2. The molecule has 0 radical (unpaired) electrons. The number of aliphatic hydroxyl groups excluding tert-OH is 1. The lowest BCUT2D eigenvalue weighted by Gasteiger charge is -2.12. The van der Waals surface area contributed by atoms with Gasteiger partial charge in [-0.2, -0.15) is 0 Å². The minimum absolute atomic E-state index is 0.602. The summed E-state index contributed by atoms with van der Waals surface area (Å²) in [6, 6.07) is 16.1. The number of hydrogen-bond acceptors (Lipinski definition) is 3. The van der Waals surface area contributed by atoms with Gasteiger partial charge in [0.15, 0.2) is 0 Å². The molecular weight excluding hydrogens is 288 g/mol. The maximum absolute atomic E-state index is 10.0. The number of imidazole rings is 1. The van der Waals surface area contributed by atoms with E-state index in [1.54, 1.807) is 6.92 Å². The van der Waals surface area contributed by atoms with Crippen LogP contribution in [0, 0.1) is 0 Å². The van der Waals surface area contributed by atoms with Gasteiger partial charge in [0, 0.05) is 6.54 Å². The average molecular weight is 310 g/mol. The van der Waals surface area contributed by atoms with E-state index in [1.165, 1.54) is 0 Å². The SMILES string of the molecule is CCCOc1ccc(Cn2c([C@H](C)O)nc3ccccc32)cc1. The normalized spacial score (nSPS) is 12.5. The lowest BCUT2D eigenvalue weighted by molar-refractivity contribution is 0.185. The van der Waals surface area contributed by atoms with Gasteiger partial charge in [0.25, 0.3) is 0 Å².